The Bertz CT molecular complexity index is 1730. The van der Waals surface area contributed by atoms with Crippen LogP contribution in [0.4, 0.5) is 9.52 Å². The average Bonchev–Trinajstić information content (AvgIpc) is 3.58. The van der Waals surface area contributed by atoms with E-state index in [1.54, 1.807) is 36.4 Å². The molecule has 222 valence electrons. The van der Waals surface area contributed by atoms with E-state index in [1.807, 2.05) is 26.0 Å². The molecule has 1 amide bonds. The lowest BCUT2D eigenvalue weighted by molar-refractivity contribution is -0.132. The number of carbonyl (C=O) groups excluding carboxylic acids is 2. The molecule has 1 aliphatic heterocycles. The van der Waals surface area contributed by atoms with E-state index < -0.39 is 17.7 Å². The van der Waals surface area contributed by atoms with E-state index in [0.717, 1.165) is 22.5 Å². The third-order valence-electron chi connectivity index (χ3n) is 7.01. The summed E-state index contributed by atoms with van der Waals surface area (Å²) in [5, 5.41) is 20.2. The minimum absolute atomic E-state index is 0.122. The Kier molecular flexibility index (Phi) is 8.69. The standard InChI is InChI=1S/C31H28FN3O6S2/c1-16-10-11-17(2)20(12-16)26(36)24-25(19-13-22(39-3)28(41-5)23(14-19)40-4)35(29(38)27(24)37)30-33-34-31(43-30)42-15-18-8-6-7-9-21(18)32/h6-14,25,36H,15H2,1-5H3/b26-24+. The van der Waals surface area contributed by atoms with Gasteiger partial charge in [0, 0.05) is 11.3 Å². The highest BCUT2D eigenvalue weighted by Crippen LogP contribution is 2.48. The number of hydrogen-bond donors (Lipinski definition) is 1. The molecule has 5 rings (SSSR count). The second kappa shape index (κ2) is 12.4. The summed E-state index contributed by atoms with van der Waals surface area (Å²) in [6.45, 7) is 3.68. The largest absolute Gasteiger partial charge is 0.507 e. The maximum Gasteiger partial charge on any atom is 0.301 e. The van der Waals surface area contributed by atoms with Gasteiger partial charge in [-0.05, 0) is 54.8 Å². The first-order chi connectivity index (χ1) is 20.7. The second-order valence-electron chi connectivity index (χ2n) is 9.68. The predicted molar refractivity (Wildman–Crippen MR) is 163 cm³/mol. The number of amides is 1. The van der Waals surface area contributed by atoms with Gasteiger partial charge in [-0.25, -0.2) is 4.39 Å². The van der Waals surface area contributed by atoms with E-state index in [0.29, 0.717) is 44.0 Å². The molecule has 0 aliphatic carbocycles. The van der Waals surface area contributed by atoms with Crippen molar-refractivity contribution < 1.29 is 33.3 Å². The van der Waals surface area contributed by atoms with Crippen LogP contribution in [-0.4, -0.2) is 48.3 Å². The Balaban J connectivity index is 1.65. The first-order valence-corrected chi connectivity index (χ1v) is 14.9. The number of hydrogen-bond acceptors (Lipinski definition) is 10. The summed E-state index contributed by atoms with van der Waals surface area (Å²) in [4.78, 5) is 28.6. The van der Waals surface area contributed by atoms with Crippen molar-refractivity contribution in [2.24, 2.45) is 0 Å². The molecule has 43 heavy (non-hydrogen) atoms. The molecule has 1 atom stereocenters. The SMILES string of the molecule is COc1cc(C2/C(=C(\O)c3cc(C)ccc3C)C(=O)C(=O)N2c2nnc(SCc3ccccc3F)s2)cc(OC)c1OC. The minimum Gasteiger partial charge on any atom is -0.507 e. The molecule has 3 aromatic carbocycles. The summed E-state index contributed by atoms with van der Waals surface area (Å²) in [5.41, 5.74) is 2.80. The Morgan fingerprint density at radius 2 is 1.70 bits per heavy atom. The minimum atomic E-state index is -1.11. The topological polar surface area (TPSA) is 111 Å². The van der Waals surface area contributed by atoms with E-state index in [9.17, 15) is 19.1 Å². The predicted octanol–water partition coefficient (Wildman–Crippen LogP) is 6.24. The van der Waals surface area contributed by atoms with Gasteiger partial charge in [-0.2, -0.15) is 0 Å². The molecule has 4 aromatic rings. The normalized spacial score (nSPS) is 16.0. The van der Waals surface area contributed by atoms with E-state index >= 15 is 0 Å². The zero-order valence-corrected chi connectivity index (χ0v) is 25.6. The van der Waals surface area contributed by atoms with E-state index in [4.69, 9.17) is 14.2 Å². The van der Waals surface area contributed by atoms with Gasteiger partial charge in [-0.15, -0.1) is 10.2 Å². The maximum absolute atomic E-state index is 14.2. The van der Waals surface area contributed by atoms with Crippen molar-refractivity contribution in [3.8, 4) is 17.2 Å². The van der Waals surface area contributed by atoms with E-state index in [1.165, 1.54) is 44.1 Å². The Morgan fingerprint density at radius 1 is 1.00 bits per heavy atom. The van der Waals surface area contributed by atoms with Crippen LogP contribution >= 0.6 is 23.1 Å². The van der Waals surface area contributed by atoms with Gasteiger partial charge in [-0.1, -0.05) is 59.0 Å². The molecule has 2 heterocycles. The van der Waals surface area contributed by atoms with Gasteiger partial charge in [0.2, 0.25) is 10.9 Å². The second-order valence-corrected chi connectivity index (χ2v) is 11.9. The zero-order chi connectivity index (χ0) is 30.8. The molecule has 1 N–H and O–H groups in total. The number of rotatable bonds is 9. The van der Waals surface area contributed by atoms with Crippen molar-refractivity contribution in [3.63, 3.8) is 0 Å². The summed E-state index contributed by atoms with van der Waals surface area (Å²) in [6.07, 6.45) is 0. The zero-order valence-electron chi connectivity index (χ0n) is 24.0. The maximum atomic E-state index is 14.2. The number of anilines is 1. The number of aryl methyl sites for hydroxylation is 2. The fourth-order valence-corrected chi connectivity index (χ4v) is 6.71. The van der Waals surface area contributed by atoms with Crippen molar-refractivity contribution in [2.45, 2.75) is 30.0 Å². The average molecular weight is 622 g/mol. The summed E-state index contributed by atoms with van der Waals surface area (Å²) in [6, 6.07) is 14.0. The first-order valence-electron chi connectivity index (χ1n) is 13.1. The van der Waals surface area contributed by atoms with Gasteiger partial charge < -0.3 is 19.3 Å². The Hall–Kier alpha value is -4.42. The van der Waals surface area contributed by atoms with Crippen LogP contribution in [0.5, 0.6) is 17.2 Å². The molecular formula is C31H28FN3O6S2. The molecule has 0 saturated carbocycles. The summed E-state index contributed by atoms with van der Waals surface area (Å²) in [5.74, 6) is -1.20. The lowest BCUT2D eigenvalue weighted by atomic mass is 9.93. The van der Waals surface area contributed by atoms with Gasteiger partial charge in [0.25, 0.3) is 5.78 Å². The van der Waals surface area contributed by atoms with Crippen LogP contribution < -0.4 is 19.1 Å². The molecule has 0 bridgehead atoms. The molecule has 0 radical (unpaired) electrons. The Labute approximate surface area is 255 Å². The molecule has 0 spiro atoms. The summed E-state index contributed by atoms with van der Waals surface area (Å²) in [7, 11) is 4.38. The number of aliphatic hydroxyl groups excluding tert-OH is 1. The monoisotopic (exact) mass is 621 g/mol. The van der Waals surface area contributed by atoms with Gasteiger partial charge in [0.15, 0.2) is 15.8 Å². The number of halogens is 1. The molecule has 1 aromatic heterocycles. The van der Waals surface area contributed by atoms with Crippen molar-refractivity contribution in [2.75, 3.05) is 26.2 Å². The Morgan fingerprint density at radius 3 is 2.35 bits per heavy atom. The van der Waals surface area contributed by atoms with Crippen LogP contribution in [0, 0.1) is 19.7 Å². The van der Waals surface area contributed by atoms with Crippen LogP contribution in [0.1, 0.15) is 33.9 Å². The fourth-order valence-electron chi connectivity index (χ4n) is 4.85. The lowest BCUT2D eigenvalue weighted by Gasteiger charge is -2.24. The van der Waals surface area contributed by atoms with Gasteiger partial charge in [-0.3, -0.25) is 14.5 Å². The first kappa shape index (κ1) is 30.1. The van der Waals surface area contributed by atoms with E-state index in [-0.39, 0.29) is 22.3 Å². The molecule has 12 heteroatoms. The fraction of sp³-hybridized carbons (Fsp3) is 0.226. The lowest BCUT2D eigenvalue weighted by Crippen LogP contribution is -2.29. The molecular weight excluding hydrogens is 593 g/mol. The number of nitrogens with zero attached hydrogens (tertiary/aromatic N) is 3. The third kappa shape index (κ3) is 5.67. The van der Waals surface area contributed by atoms with Gasteiger partial charge >= 0.3 is 5.91 Å². The van der Waals surface area contributed by atoms with Gasteiger partial charge in [0.1, 0.15) is 11.6 Å². The van der Waals surface area contributed by atoms with Crippen molar-refractivity contribution in [1.29, 1.82) is 0 Å². The van der Waals surface area contributed by atoms with Gasteiger partial charge in [0.05, 0.1) is 32.9 Å². The van der Waals surface area contributed by atoms with E-state index in [2.05, 4.69) is 10.2 Å². The molecule has 9 nitrogen and oxygen atoms in total. The summed E-state index contributed by atoms with van der Waals surface area (Å²) >= 11 is 2.34. The smallest absolute Gasteiger partial charge is 0.301 e. The molecule has 1 aliphatic rings. The van der Waals surface area contributed by atoms with Crippen molar-refractivity contribution in [3.05, 3.63) is 93.8 Å². The van der Waals surface area contributed by atoms with Crippen LogP contribution in [0.15, 0.2) is 64.5 Å². The number of ether oxygens (including phenoxy) is 3. The summed E-state index contributed by atoms with van der Waals surface area (Å²) < 4.78 is 31.2. The number of methoxy groups -OCH3 is 3. The van der Waals surface area contributed by atoms with Crippen molar-refractivity contribution in [1.82, 2.24) is 10.2 Å². The molecule has 1 fully saturated rings. The number of carbonyl (C=O) groups is 2. The van der Waals surface area contributed by atoms with Crippen molar-refractivity contribution >= 4 is 45.7 Å². The third-order valence-corrected chi connectivity index (χ3v) is 9.11. The quantitative estimate of drug-likeness (QED) is 0.0764. The highest BCUT2D eigenvalue weighted by atomic mass is 32.2. The molecule has 1 unspecified atom stereocenters. The van der Waals surface area contributed by atoms with Crippen LogP contribution in [0.25, 0.3) is 5.76 Å². The number of Topliss-reactive ketones (excluding diaryl/α,β-unsaturated/α-hetero) is 1. The van der Waals surface area contributed by atoms with Crippen LogP contribution in [-0.2, 0) is 15.3 Å². The highest BCUT2D eigenvalue weighted by Gasteiger charge is 2.49. The number of aliphatic hydroxyl groups is 1. The number of aromatic nitrogens is 2. The number of benzene rings is 3. The van der Waals surface area contributed by atoms with Crippen LogP contribution in [0.2, 0.25) is 0 Å². The van der Waals surface area contributed by atoms with Crippen LogP contribution in [0.3, 0.4) is 0 Å². The highest BCUT2D eigenvalue weighted by molar-refractivity contribution is 8.00. The number of ketones is 1. The number of thioether (sulfide) groups is 1. The molecule has 1 saturated heterocycles.